The summed E-state index contributed by atoms with van der Waals surface area (Å²) in [5, 5.41) is 13.0. The maximum atomic E-state index is 11.0. The molecule has 0 aliphatic heterocycles. The maximum absolute atomic E-state index is 11.0. The molecule has 5 nitrogen and oxygen atoms in total. The third-order valence-corrected chi connectivity index (χ3v) is 8.78. The third kappa shape index (κ3) is 3.49. The Morgan fingerprint density at radius 2 is 1.59 bits per heavy atom. The zero-order valence-electron chi connectivity index (χ0n) is 22.4. The zero-order valence-corrected chi connectivity index (χ0v) is 24.7. The van der Waals surface area contributed by atoms with Crippen molar-refractivity contribution in [1.29, 1.82) is 0 Å². The van der Waals surface area contributed by atoms with Crippen molar-refractivity contribution < 1.29 is 30.6 Å². The van der Waals surface area contributed by atoms with Crippen molar-refractivity contribution >= 4 is 21.9 Å². The van der Waals surface area contributed by atoms with Crippen LogP contribution in [0.15, 0.2) is 77.3 Å². The molecule has 0 bridgehead atoms. The van der Waals surface area contributed by atoms with Crippen molar-refractivity contribution in [2.45, 2.75) is 38.5 Å². The number of furan rings is 1. The summed E-state index contributed by atoms with van der Waals surface area (Å²) < 4.78 is 8.11. The number of benzene rings is 3. The summed E-state index contributed by atoms with van der Waals surface area (Å²) in [6.45, 7) is 8.99. The molecule has 3 heterocycles. The molecule has 0 spiro atoms. The van der Waals surface area contributed by atoms with Gasteiger partial charge in [0.2, 0.25) is 0 Å². The number of pyridine rings is 1. The van der Waals surface area contributed by atoms with Crippen LogP contribution in [-0.2, 0) is 38.9 Å². The van der Waals surface area contributed by atoms with Crippen LogP contribution in [0.1, 0.15) is 38.8 Å². The first-order chi connectivity index (χ1) is 18.2. The van der Waals surface area contributed by atoms with E-state index in [9.17, 15) is 5.11 Å². The molecule has 39 heavy (non-hydrogen) atoms. The second-order valence-electron chi connectivity index (χ2n) is 11.3. The van der Waals surface area contributed by atoms with Gasteiger partial charge in [0.15, 0.2) is 0 Å². The average Bonchev–Trinajstić information content (AvgIpc) is 3.48. The van der Waals surface area contributed by atoms with Crippen LogP contribution >= 0.6 is 0 Å². The van der Waals surface area contributed by atoms with E-state index in [0.29, 0.717) is 0 Å². The maximum Gasteiger partial charge on any atom is 0.125 e. The second kappa shape index (κ2) is 8.66. The molecular formula is C33H28N3O2Pt-. The molecule has 0 saturated carbocycles. The van der Waals surface area contributed by atoms with Gasteiger partial charge in [0.05, 0.1) is 28.5 Å². The number of aryl methyl sites for hydroxylation is 1. The Bertz CT molecular complexity index is 1910. The van der Waals surface area contributed by atoms with Gasteiger partial charge in [0.1, 0.15) is 11.3 Å². The molecule has 0 radical (unpaired) electrons. The SMILES string of the molecule is Cn1cc(-c2ccc3c(n2)-c2c(O)cccc2C(C)(C)C3(C)C)nc1-c1[c-]ccc2oc3ccccc3c12.[Pt]. The Hall–Kier alpha value is -3.69. The fraction of sp³-hybridized carbons (Fsp3) is 0.212. The Morgan fingerprint density at radius 3 is 2.41 bits per heavy atom. The van der Waals surface area contributed by atoms with Gasteiger partial charge in [-0.15, -0.1) is 12.1 Å². The van der Waals surface area contributed by atoms with Crippen LogP contribution in [0.4, 0.5) is 0 Å². The van der Waals surface area contributed by atoms with E-state index in [1.165, 1.54) is 0 Å². The number of phenols is 1. The van der Waals surface area contributed by atoms with Crippen molar-refractivity contribution in [3.05, 3.63) is 90.1 Å². The minimum atomic E-state index is -0.184. The summed E-state index contributed by atoms with van der Waals surface area (Å²) in [4.78, 5) is 10.2. The number of hydrogen-bond acceptors (Lipinski definition) is 4. The number of phenolic OH excluding ortho intramolecular Hbond substituents is 1. The third-order valence-electron chi connectivity index (χ3n) is 8.78. The van der Waals surface area contributed by atoms with E-state index >= 15 is 0 Å². The van der Waals surface area contributed by atoms with Crippen LogP contribution in [0, 0.1) is 6.07 Å². The molecule has 7 rings (SSSR count). The van der Waals surface area contributed by atoms with Crippen LogP contribution in [0.25, 0.3) is 56.0 Å². The molecule has 6 heteroatoms. The molecule has 3 aromatic heterocycles. The summed E-state index contributed by atoms with van der Waals surface area (Å²) in [5.74, 6) is 1.05. The molecule has 0 fully saturated rings. The number of aromatic nitrogens is 3. The normalized spacial score (nSPS) is 15.1. The fourth-order valence-electron chi connectivity index (χ4n) is 5.99. The first-order valence-electron chi connectivity index (χ1n) is 12.9. The summed E-state index contributed by atoms with van der Waals surface area (Å²) in [7, 11) is 1.99. The Kier molecular flexibility index (Phi) is 5.68. The van der Waals surface area contributed by atoms with Crippen molar-refractivity contribution in [3.8, 4) is 39.8 Å². The molecule has 3 aromatic carbocycles. The molecule has 0 saturated heterocycles. The Balaban J connectivity index is 0.00000277. The van der Waals surface area contributed by atoms with Gasteiger partial charge in [-0.25, -0.2) is 4.98 Å². The second-order valence-corrected chi connectivity index (χ2v) is 11.3. The van der Waals surface area contributed by atoms with Gasteiger partial charge < -0.3 is 14.1 Å². The predicted molar refractivity (Wildman–Crippen MR) is 151 cm³/mol. The minimum absolute atomic E-state index is 0. The zero-order chi connectivity index (χ0) is 26.4. The summed E-state index contributed by atoms with van der Waals surface area (Å²) in [6.07, 6.45) is 2.00. The summed E-state index contributed by atoms with van der Waals surface area (Å²) in [5.41, 5.74) is 7.58. The number of imidazole rings is 1. The summed E-state index contributed by atoms with van der Waals surface area (Å²) in [6, 6.07) is 25.3. The van der Waals surface area contributed by atoms with Crippen molar-refractivity contribution in [3.63, 3.8) is 0 Å². The van der Waals surface area contributed by atoms with Crippen LogP contribution in [0.5, 0.6) is 5.75 Å². The first-order valence-corrected chi connectivity index (χ1v) is 12.9. The minimum Gasteiger partial charge on any atom is -0.507 e. The van der Waals surface area contributed by atoms with Gasteiger partial charge in [0.25, 0.3) is 0 Å². The quantitative estimate of drug-likeness (QED) is 0.188. The van der Waals surface area contributed by atoms with Gasteiger partial charge in [-0.1, -0.05) is 81.1 Å². The van der Waals surface area contributed by atoms with E-state index < -0.39 is 0 Å². The smallest absolute Gasteiger partial charge is 0.125 e. The number of nitrogens with zero attached hydrogens (tertiary/aromatic N) is 3. The average molecular weight is 694 g/mol. The van der Waals surface area contributed by atoms with E-state index in [0.717, 1.165) is 67.1 Å². The molecule has 0 amide bonds. The van der Waals surface area contributed by atoms with E-state index in [4.69, 9.17) is 14.4 Å². The summed E-state index contributed by atoms with van der Waals surface area (Å²) >= 11 is 0. The molecular weight excluding hydrogens is 665 g/mol. The standard InChI is InChI=1S/C33H28N3O2.Pt/c1-32(2)21-12-9-13-25(37)29(21)30-22(33(32,3)4)16-17-23(34-30)24-18-36(5)31(35-24)20-11-8-15-27-28(20)19-10-6-7-14-26(19)38-27;/h6-10,12-18,37H,1-5H3;/q-1;. The van der Waals surface area contributed by atoms with Crippen molar-refractivity contribution in [2.24, 2.45) is 7.05 Å². The molecule has 198 valence electrons. The fourth-order valence-corrected chi connectivity index (χ4v) is 5.99. The molecule has 6 aromatic rings. The number of fused-ring (bicyclic) bond motifs is 6. The van der Waals surface area contributed by atoms with Gasteiger partial charge in [0, 0.05) is 45.3 Å². The van der Waals surface area contributed by atoms with Gasteiger partial charge in [-0.3, -0.25) is 4.98 Å². The van der Waals surface area contributed by atoms with Gasteiger partial charge in [-0.05, 0) is 40.1 Å². The van der Waals surface area contributed by atoms with Crippen LogP contribution in [-0.4, -0.2) is 19.6 Å². The van der Waals surface area contributed by atoms with E-state index in [1.54, 1.807) is 6.07 Å². The van der Waals surface area contributed by atoms with Crippen LogP contribution in [0.2, 0.25) is 0 Å². The molecule has 0 atom stereocenters. The number of hydrogen-bond donors (Lipinski definition) is 1. The van der Waals surface area contributed by atoms with Crippen molar-refractivity contribution in [2.75, 3.05) is 0 Å². The van der Waals surface area contributed by atoms with Gasteiger partial charge >= 0.3 is 0 Å². The van der Waals surface area contributed by atoms with E-state index in [-0.39, 0.29) is 37.6 Å². The molecule has 1 aliphatic rings. The van der Waals surface area contributed by atoms with Gasteiger partial charge in [-0.2, -0.15) is 0 Å². The Labute approximate surface area is 241 Å². The van der Waals surface area contributed by atoms with Crippen molar-refractivity contribution in [1.82, 2.24) is 14.5 Å². The van der Waals surface area contributed by atoms with E-state index in [2.05, 4.69) is 52.0 Å². The van der Waals surface area contributed by atoms with Crippen LogP contribution < -0.4 is 0 Å². The molecule has 1 N–H and O–H groups in total. The van der Waals surface area contributed by atoms with Crippen LogP contribution in [0.3, 0.4) is 0 Å². The largest absolute Gasteiger partial charge is 0.507 e. The first kappa shape index (κ1) is 25.6. The monoisotopic (exact) mass is 693 g/mol. The molecule has 1 aliphatic carbocycles. The topological polar surface area (TPSA) is 64.1 Å². The number of aromatic hydroxyl groups is 1. The van der Waals surface area contributed by atoms with E-state index in [1.807, 2.05) is 60.3 Å². The number of para-hydroxylation sites is 1. The molecule has 0 unspecified atom stereocenters. The predicted octanol–water partition coefficient (Wildman–Crippen LogP) is 7.79. The number of rotatable bonds is 2. The Morgan fingerprint density at radius 1 is 0.821 bits per heavy atom.